The third-order valence-corrected chi connectivity index (χ3v) is 9.09. The van der Waals surface area contributed by atoms with Gasteiger partial charge >= 0.3 is 0 Å². The van der Waals surface area contributed by atoms with E-state index in [0.29, 0.717) is 11.9 Å². The molecule has 0 aromatic heterocycles. The molecular weight excluding hydrogens is 308 g/mol. The van der Waals surface area contributed by atoms with Crippen LogP contribution in [0.4, 0.5) is 0 Å². The van der Waals surface area contributed by atoms with Crippen LogP contribution >= 0.6 is 11.8 Å². The molecule has 1 aromatic carbocycles. The largest absolute Gasteiger partial charge is 0.519 e. The fourth-order valence-corrected chi connectivity index (χ4v) is 3.00. The smallest absolute Gasteiger partial charge is 0.269 e. The molecule has 2 nitrogen and oxygen atoms in total. The number of rotatable bonds is 7. The van der Waals surface area contributed by atoms with Crippen LogP contribution in [-0.4, -0.2) is 14.3 Å². The molecule has 1 rings (SSSR count). The van der Waals surface area contributed by atoms with Gasteiger partial charge in [0.15, 0.2) is 0 Å². The molecule has 0 saturated heterocycles. The van der Waals surface area contributed by atoms with Gasteiger partial charge in [-0.1, -0.05) is 63.4 Å². The first-order valence-electron chi connectivity index (χ1n) is 7.50. The number of benzene rings is 1. The van der Waals surface area contributed by atoms with Crippen LogP contribution in [-0.2, 0) is 9.16 Å². The number of hydrogen-bond acceptors (Lipinski definition) is 3. The molecule has 0 aliphatic rings. The van der Waals surface area contributed by atoms with Crippen LogP contribution < -0.4 is 0 Å². The van der Waals surface area contributed by atoms with Gasteiger partial charge in [-0.3, -0.25) is 0 Å². The lowest BCUT2D eigenvalue weighted by Gasteiger charge is -2.37. The van der Waals surface area contributed by atoms with E-state index < -0.39 is 8.32 Å². The Morgan fingerprint density at radius 1 is 1.23 bits per heavy atom. The SMILES string of the molecule is C=C/C(C)=C(/OCSc1ccccc1)O[Si](C)(C)C(C)(C)C. The van der Waals surface area contributed by atoms with Gasteiger partial charge in [-0.05, 0) is 37.2 Å². The fraction of sp³-hybridized carbons (Fsp3) is 0.444. The van der Waals surface area contributed by atoms with Crippen molar-refractivity contribution in [1.29, 1.82) is 0 Å². The number of ether oxygens (including phenoxy) is 1. The normalized spacial score (nSPS) is 13.4. The summed E-state index contributed by atoms with van der Waals surface area (Å²) in [6.45, 7) is 16.9. The Morgan fingerprint density at radius 3 is 2.32 bits per heavy atom. The van der Waals surface area contributed by atoms with Gasteiger partial charge in [0, 0.05) is 10.5 Å². The molecule has 1 aromatic rings. The molecule has 0 fully saturated rings. The molecule has 0 heterocycles. The lowest BCUT2D eigenvalue weighted by Crippen LogP contribution is -2.40. The summed E-state index contributed by atoms with van der Waals surface area (Å²) >= 11 is 1.65. The van der Waals surface area contributed by atoms with Gasteiger partial charge in [-0.2, -0.15) is 0 Å². The van der Waals surface area contributed by atoms with Crippen molar-refractivity contribution in [3.8, 4) is 0 Å². The predicted octanol–water partition coefficient (Wildman–Crippen LogP) is 6.19. The molecule has 0 spiro atoms. The molecule has 0 unspecified atom stereocenters. The zero-order chi connectivity index (χ0) is 16.8. The molecule has 0 aliphatic carbocycles. The van der Waals surface area contributed by atoms with Crippen molar-refractivity contribution >= 4 is 20.1 Å². The molecule has 0 atom stereocenters. The topological polar surface area (TPSA) is 18.5 Å². The summed E-state index contributed by atoms with van der Waals surface area (Å²) in [7, 11) is -1.92. The Kier molecular flexibility index (Phi) is 6.82. The quantitative estimate of drug-likeness (QED) is 0.194. The minimum Gasteiger partial charge on any atom is -0.519 e. The Balaban J connectivity index is 2.73. The van der Waals surface area contributed by atoms with Crippen LogP contribution in [0.5, 0.6) is 0 Å². The summed E-state index contributed by atoms with van der Waals surface area (Å²) in [5, 5.41) is 0.135. The third kappa shape index (κ3) is 5.58. The number of thioether (sulfide) groups is 1. The first-order chi connectivity index (χ1) is 10.2. The summed E-state index contributed by atoms with van der Waals surface area (Å²) in [6.07, 6.45) is 1.79. The van der Waals surface area contributed by atoms with E-state index in [1.54, 1.807) is 17.8 Å². The Hall–Kier alpha value is -1.13. The van der Waals surface area contributed by atoms with E-state index in [1.807, 2.05) is 25.1 Å². The van der Waals surface area contributed by atoms with E-state index in [4.69, 9.17) is 9.16 Å². The van der Waals surface area contributed by atoms with Crippen LogP contribution in [0.2, 0.25) is 18.1 Å². The van der Waals surface area contributed by atoms with Crippen molar-refractivity contribution in [3.63, 3.8) is 0 Å². The van der Waals surface area contributed by atoms with E-state index in [-0.39, 0.29) is 5.04 Å². The highest BCUT2D eigenvalue weighted by molar-refractivity contribution is 7.99. The van der Waals surface area contributed by atoms with Gasteiger partial charge < -0.3 is 9.16 Å². The zero-order valence-electron chi connectivity index (χ0n) is 14.6. The zero-order valence-corrected chi connectivity index (χ0v) is 16.4. The van der Waals surface area contributed by atoms with Crippen LogP contribution in [0.3, 0.4) is 0 Å². The van der Waals surface area contributed by atoms with Gasteiger partial charge in [0.05, 0.1) is 0 Å². The molecule has 0 amide bonds. The molecule has 22 heavy (non-hydrogen) atoms. The molecule has 0 N–H and O–H groups in total. The minimum absolute atomic E-state index is 0.135. The van der Waals surface area contributed by atoms with Crippen molar-refractivity contribution in [1.82, 2.24) is 0 Å². The molecule has 0 aliphatic heterocycles. The minimum atomic E-state index is -1.92. The summed E-state index contributed by atoms with van der Waals surface area (Å²) in [4.78, 5) is 1.19. The van der Waals surface area contributed by atoms with Crippen molar-refractivity contribution in [2.24, 2.45) is 0 Å². The van der Waals surface area contributed by atoms with Crippen LogP contribution in [0, 0.1) is 0 Å². The highest BCUT2D eigenvalue weighted by Gasteiger charge is 2.40. The molecular formula is C18H28O2SSi. The second-order valence-corrected chi connectivity index (χ2v) is 12.5. The van der Waals surface area contributed by atoms with E-state index in [9.17, 15) is 0 Å². The second kappa shape index (κ2) is 7.93. The monoisotopic (exact) mass is 336 g/mol. The summed E-state index contributed by atoms with van der Waals surface area (Å²) in [5.74, 6) is 1.14. The fourth-order valence-electron chi connectivity index (χ4n) is 1.36. The van der Waals surface area contributed by atoms with E-state index in [2.05, 4.69) is 52.6 Å². The molecule has 0 saturated carbocycles. The van der Waals surface area contributed by atoms with Crippen LogP contribution in [0.25, 0.3) is 0 Å². The van der Waals surface area contributed by atoms with Gasteiger partial charge in [0.25, 0.3) is 14.3 Å². The first-order valence-corrected chi connectivity index (χ1v) is 11.4. The Morgan fingerprint density at radius 2 is 1.82 bits per heavy atom. The van der Waals surface area contributed by atoms with Gasteiger partial charge in [0.1, 0.15) is 5.94 Å². The van der Waals surface area contributed by atoms with E-state index in [1.165, 1.54) is 4.90 Å². The summed E-state index contributed by atoms with van der Waals surface area (Å²) in [5.41, 5.74) is 0.943. The van der Waals surface area contributed by atoms with E-state index in [0.717, 1.165) is 5.57 Å². The molecule has 0 radical (unpaired) electrons. The molecule has 0 bridgehead atoms. The lowest BCUT2D eigenvalue weighted by atomic mass is 10.2. The van der Waals surface area contributed by atoms with Crippen LogP contribution in [0.1, 0.15) is 27.7 Å². The average Bonchev–Trinajstić information content (AvgIpc) is 2.45. The number of allylic oxidation sites excluding steroid dienone is 2. The number of hydrogen-bond donors (Lipinski definition) is 0. The van der Waals surface area contributed by atoms with Crippen molar-refractivity contribution in [2.45, 2.75) is 50.7 Å². The first kappa shape index (κ1) is 18.9. The van der Waals surface area contributed by atoms with Crippen molar-refractivity contribution in [3.05, 3.63) is 54.5 Å². The van der Waals surface area contributed by atoms with Gasteiger partial charge in [-0.15, -0.1) is 0 Å². The average molecular weight is 337 g/mol. The highest BCUT2D eigenvalue weighted by Crippen LogP contribution is 2.38. The highest BCUT2D eigenvalue weighted by atomic mass is 32.2. The van der Waals surface area contributed by atoms with Gasteiger partial charge in [0.2, 0.25) is 0 Å². The maximum Gasteiger partial charge on any atom is 0.269 e. The second-order valence-electron chi connectivity index (χ2n) is 6.76. The Bertz CT molecular complexity index is 516. The summed E-state index contributed by atoms with van der Waals surface area (Å²) < 4.78 is 12.2. The molecule has 122 valence electrons. The van der Waals surface area contributed by atoms with Gasteiger partial charge in [-0.25, -0.2) is 0 Å². The van der Waals surface area contributed by atoms with E-state index >= 15 is 0 Å². The standard InChI is InChI=1S/C18H28O2SSi/c1-8-15(2)17(20-22(6,7)18(3,4)5)19-14-21-16-12-10-9-11-13-16/h8-13H,1,14H2,2-7H3/b17-15-. The van der Waals surface area contributed by atoms with Crippen molar-refractivity contribution < 1.29 is 9.16 Å². The predicted molar refractivity (Wildman–Crippen MR) is 99.4 cm³/mol. The third-order valence-electron chi connectivity index (χ3n) is 3.94. The van der Waals surface area contributed by atoms with Crippen molar-refractivity contribution in [2.75, 3.05) is 5.94 Å². The Labute approximate surface area is 140 Å². The lowest BCUT2D eigenvalue weighted by molar-refractivity contribution is 0.127. The van der Waals surface area contributed by atoms with Crippen LogP contribution in [0.15, 0.2) is 59.4 Å². The molecule has 4 heteroatoms. The maximum absolute atomic E-state index is 6.30. The maximum atomic E-state index is 6.30. The summed E-state index contributed by atoms with van der Waals surface area (Å²) in [6, 6.07) is 10.2.